The molecule has 0 heterocycles. The molecule has 1 N–H and O–H groups in total. The number of nitrogens with one attached hydrogen (secondary N) is 1. The highest BCUT2D eigenvalue weighted by molar-refractivity contribution is 14.1. The smallest absolute Gasteiger partial charge is 0.264 e. The molecule has 11 heteroatoms. The average Bonchev–Trinajstić information content (AvgIpc) is 2.90. The van der Waals surface area contributed by atoms with Gasteiger partial charge in [-0.15, -0.1) is 0 Å². The topological polar surface area (TPSA) is 86.8 Å². The van der Waals surface area contributed by atoms with Crippen LogP contribution in [0.1, 0.15) is 25.8 Å². The van der Waals surface area contributed by atoms with Gasteiger partial charge in [0, 0.05) is 32.3 Å². The van der Waals surface area contributed by atoms with Crippen LogP contribution in [0.4, 0.5) is 5.69 Å². The average molecular weight is 688 g/mol. The summed E-state index contributed by atoms with van der Waals surface area (Å²) in [4.78, 5) is 28.3. The molecule has 0 radical (unpaired) electrons. The summed E-state index contributed by atoms with van der Waals surface area (Å²) in [7, 11) is -4.12. The Hall–Kier alpha value is -2.34. The molecule has 0 aliphatic rings. The second-order valence-corrected chi connectivity index (χ2v) is 12.3. The van der Waals surface area contributed by atoms with Crippen molar-refractivity contribution in [3.63, 3.8) is 0 Å². The number of anilines is 1. The van der Waals surface area contributed by atoms with Gasteiger partial charge in [0.25, 0.3) is 10.0 Å². The first-order chi connectivity index (χ1) is 18.1. The predicted octanol–water partition coefficient (Wildman–Crippen LogP) is 5.74. The van der Waals surface area contributed by atoms with E-state index in [-0.39, 0.29) is 17.3 Å². The van der Waals surface area contributed by atoms with E-state index in [4.69, 9.17) is 23.2 Å². The van der Waals surface area contributed by atoms with Gasteiger partial charge in [0.15, 0.2) is 0 Å². The van der Waals surface area contributed by atoms with E-state index in [9.17, 15) is 18.0 Å². The Labute approximate surface area is 247 Å². The van der Waals surface area contributed by atoms with E-state index in [1.165, 1.54) is 17.0 Å². The molecule has 202 valence electrons. The van der Waals surface area contributed by atoms with Crippen LogP contribution in [-0.2, 0) is 26.2 Å². The maximum Gasteiger partial charge on any atom is 0.264 e. The molecule has 3 rings (SSSR count). The normalized spacial score (nSPS) is 12.0. The summed E-state index contributed by atoms with van der Waals surface area (Å²) in [5.41, 5.74) is 0.795. The van der Waals surface area contributed by atoms with Gasteiger partial charge in [0.2, 0.25) is 11.8 Å². The van der Waals surface area contributed by atoms with Gasteiger partial charge in [-0.25, -0.2) is 8.42 Å². The number of likely N-dealkylation sites (N-methyl/N-ethyl adjacent to an activating group) is 1. The molecule has 3 aromatic rings. The van der Waals surface area contributed by atoms with Crippen molar-refractivity contribution in [2.24, 2.45) is 0 Å². The Morgan fingerprint density at radius 3 is 2.08 bits per heavy atom. The monoisotopic (exact) mass is 687 g/mol. The third kappa shape index (κ3) is 7.19. The summed E-state index contributed by atoms with van der Waals surface area (Å²) < 4.78 is 29.5. The lowest BCUT2D eigenvalue weighted by Crippen LogP contribution is -2.52. The quantitative estimate of drug-likeness (QED) is 0.261. The van der Waals surface area contributed by atoms with Crippen LogP contribution in [-0.4, -0.2) is 44.3 Å². The van der Waals surface area contributed by atoms with Gasteiger partial charge >= 0.3 is 0 Å². The summed E-state index contributed by atoms with van der Waals surface area (Å²) in [5.74, 6) is -0.921. The number of amides is 2. The van der Waals surface area contributed by atoms with E-state index in [1.54, 1.807) is 74.5 Å². The van der Waals surface area contributed by atoms with Crippen LogP contribution in [0.3, 0.4) is 0 Å². The fourth-order valence-electron chi connectivity index (χ4n) is 3.92. The first-order valence-electron chi connectivity index (χ1n) is 11.9. The zero-order valence-corrected chi connectivity index (χ0v) is 25.4. The van der Waals surface area contributed by atoms with Crippen molar-refractivity contribution in [1.29, 1.82) is 0 Å². The predicted molar refractivity (Wildman–Crippen MR) is 160 cm³/mol. The number of sulfonamides is 1. The van der Waals surface area contributed by atoms with Crippen LogP contribution in [0, 0.1) is 3.57 Å². The zero-order valence-electron chi connectivity index (χ0n) is 20.9. The van der Waals surface area contributed by atoms with E-state index in [0.717, 1.165) is 7.88 Å². The Morgan fingerprint density at radius 2 is 1.53 bits per heavy atom. The van der Waals surface area contributed by atoms with Crippen molar-refractivity contribution in [2.45, 2.75) is 37.8 Å². The van der Waals surface area contributed by atoms with Crippen LogP contribution in [0.25, 0.3) is 0 Å². The first kappa shape index (κ1) is 30.2. The van der Waals surface area contributed by atoms with E-state index in [2.05, 4.69) is 27.9 Å². The number of rotatable bonds is 11. The summed E-state index contributed by atoms with van der Waals surface area (Å²) in [6, 6.07) is 18.8. The zero-order chi connectivity index (χ0) is 27.9. The van der Waals surface area contributed by atoms with E-state index in [0.29, 0.717) is 34.3 Å². The van der Waals surface area contributed by atoms with E-state index >= 15 is 0 Å². The standard InChI is InChI=1S/C27H28Cl2IN3O4S/c1-3-25(27(35)31-4-2)32(17-22-23(28)11-8-12-24(22)29)26(34)18-33(20-15-13-19(30)14-16-20)38(36,37)21-9-6-5-7-10-21/h5-16,25H,3-4,17-18H2,1-2H3,(H,31,35)/t25-/m0/s1. The third-order valence-electron chi connectivity index (χ3n) is 5.85. The van der Waals surface area contributed by atoms with Crippen LogP contribution in [0.2, 0.25) is 10.0 Å². The Morgan fingerprint density at radius 1 is 0.921 bits per heavy atom. The van der Waals surface area contributed by atoms with Crippen molar-refractivity contribution in [3.8, 4) is 0 Å². The molecule has 2 amide bonds. The van der Waals surface area contributed by atoms with Gasteiger partial charge < -0.3 is 10.2 Å². The van der Waals surface area contributed by atoms with Gasteiger partial charge in [-0.3, -0.25) is 13.9 Å². The van der Waals surface area contributed by atoms with Crippen molar-refractivity contribution < 1.29 is 18.0 Å². The molecule has 0 unspecified atom stereocenters. The van der Waals surface area contributed by atoms with E-state index < -0.39 is 28.5 Å². The number of carbonyl (C=O) groups is 2. The van der Waals surface area contributed by atoms with Crippen molar-refractivity contribution >= 4 is 73.3 Å². The minimum atomic E-state index is -4.12. The molecular formula is C27H28Cl2IN3O4S. The molecule has 0 aromatic heterocycles. The fraction of sp³-hybridized carbons (Fsp3) is 0.259. The number of hydrogen-bond acceptors (Lipinski definition) is 4. The number of halogens is 3. The molecule has 1 atom stereocenters. The molecular weight excluding hydrogens is 660 g/mol. The van der Waals surface area contributed by atoms with Crippen LogP contribution in [0.5, 0.6) is 0 Å². The molecule has 0 spiro atoms. The summed E-state index contributed by atoms with van der Waals surface area (Å²) in [6.07, 6.45) is 0.300. The molecule has 3 aromatic carbocycles. The maximum atomic E-state index is 14.0. The molecule has 7 nitrogen and oxygen atoms in total. The lowest BCUT2D eigenvalue weighted by molar-refractivity contribution is -0.140. The number of carbonyl (C=O) groups excluding carboxylic acids is 2. The molecule has 0 saturated heterocycles. The fourth-order valence-corrected chi connectivity index (χ4v) is 6.23. The maximum absolute atomic E-state index is 14.0. The SMILES string of the molecule is CCNC(=O)[C@H](CC)N(Cc1c(Cl)cccc1Cl)C(=O)CN(c1ccc(I)cc1)S(=O)(=O)c1ccccc1. The first-order valence-corrected chi connectivity index (χ1v) is 15.2. The van der Waals surface area contributed by atoms with Gasteiger partial charge in [-0.05, 0) is 84.5 Å². The summed E-state index contributed by atoms with van der Waals surface area (Å²) in [6.45, 7) is 3.34. The summed E-state index contributed by atoms with van der Waals surface area (Å²) >= 11 is 14.9. The highest BCUT2D eigenvalue weighted by atomic mass is 127. The van der Waals surface area contributed by atoms with Gasteiger partial charge in [-0.2, -0.15) is 0 Å². The van der Waals surface area contributed by atoms with Crippen LogP contribution >= 0.6 is 45.8 Å². The molecule has 0 saturated carbocycles. The molecule has 0 bridgehead atoms. The summed E-state index contributed by atoms with van der Waals surface area (Å²) in [5, 5.41) is 3.44. The van der Waals surface area contributed by atoms with Gasteiger partial charge in [-0.1, -0.05) is 54.4 Å². The van der Waals surface area contributed by atoms with Crippen LogP contribution in [0.15, 0.2) is 77.7 Å². The Kier molecular flexibility index (Phi) is 10.8. The minimum Gasteiger partial charge on any atom is -0.355 e. The number of nitrogens with zero attached hydrogens (tertiary/aromatic N) is 2. The van der Waals surface area contributed by atoms with Crippen molar-refractivity contribution in [1.82, 2.24) is 10.2 Å². The number of benzene rings is 3. The minimum absolute atomic E-state index is 0.0443. The van der Waals surface area contributed by atoms with Gasteiger partial charge in [0.1, 0.15) is 12.6 Å². The van der Waals surface area contributed by atoms with Crippen LogP contribution < -0.4 is 9.62 Å². The molecule has 38 heavy (non-hydrogen) atoms. The number of hydrogen-bond donors (Lipinski definition) is 1. The molecule has 0 fully saturated rings. The second kappa shape index (κ2) is 13.6. The highest BCUT2D eigenvalue weighted by Crippen LogP contribution is 2.29. The Bertz CT molecular complexity index is 1350. The molecule has 0 aliphatic carbocycles. The third-order valence-corrected chi connectivity index (χ3v) is 9.07. The largest absolute Gasteiger partial charge is 0.355 e. The second-order valence-electron chi connectivity index (χ2n) is 8.34. The van der Waals surface area contributed by atoms with Gasteiger partial charge in [0.05, 0.1) is 10.6 Å². The van der Waals surface area contributed by atoms with Crippen molar-refractivity contribution in [3.05, 3.63) is 92.0 Å². The lowest BCUT2D eigenvalue weighted by Gasteiger charge is -2.33. The lowest BCUT2D eigenvalue weighted by atomic mass is 10.1. The molecule has 0 aliphatic heterocycles. The Balaban J connectivity index is 2.08. The van der Waals surface area contributed by atoms with E-state index in [1.807, 2.05) is 0 Å². The highest BCUT2D eigenvalue weighted by Gasteiger charge is 2.34. The van der Waals surface area contributed by atoms with Crippen molar-refractivity contribution in [2.75, 3.05) is 17.4 Å².